The van der Waals surface area contributed by atoms with Crippen LogP contribution in [0.25, 0.3) is 0 Å². The van der Waals surface area contributed by atoms with E-state index in [0.717, 1.165) is 30.0 Å². The molecule has 2 rings (SSSR count). The van der Waals surface area contributed by atoms with Crippen molar-refractivity contribution in [1.29, 1.82) is 0 Å². The van der Waals surface area contributed by atoms with Gasteiger partial charge >= 0.3 is 0 Å². The second kappa shape index (κ2) is 6.78. The summed E-state index contributed by atoms with van der Waals surface area (Å²) < 4.78 is 11.0. The van der Waals surface area contributed by atoms with Crippen molar-refractivity contribution in [2.75, 3.05) is 19.8 Å². The summed E-state index contributed by atoms with van der Waals surface area (Å²) in [5.41, 5.74) is 1.14. The summed E-state index contributed by atoms with van der Waals surface area (Å²) in [5.74, 6) is 2.15. The summed E-state index contributed by atoms with van der Waals surface area (Å²) in [7, 11) is 0. The maximum Gasteiger partial charge on any atom is 0.161 e. The molecule has 0 bridgehead atoms. The molecule has 2 N–H and O–H groups in total. The summed E-state index contributed by atoms with van der Waals surface area (Å²) >= 11 is 0. The summed E-state index contributed by atoms with van der Waals surface area (Å²) in [6.45, 7) is 6.80. The molecule has 4 heteroatoms. The van der Waals surface area contributed by atoms with E-state index in [2.05, 4.69) is 19.2 Å². The third-order valence-electron chi connectivity index (χ3n) is 3.06. The first-order chi connectivity index (χ1) is 9.15. The number of benzene rings is 1. The molecule has 19 heavy (non-hydrogen) atoms. The highest BCUT2D eigenvalue weighted by atomic mass is 16.6. The van der Waals surface area contributed by atoms with Crippen LogP contribution >= 0.6 is 0 Å². The van der Waals surface area contributed by atoms with Gasteiger partial charge in [-0.05, 0) is 30.0 Å². The summed E-state index contributed by atoms with van der Waals surface area (Å²) in [5, 5.41) is 13.0. The second-order valence-corrected chi connectivity index (χ2v) is 5.39. The molecule has 0 aliphatic carbocycles. The second-order valence-electron chi connectivity index (χ2n) is 5.39. The van der Waals surface area contributed by atoms with Crippen LogP contribution in [-0.2, 0) is 6.54 Å². The van der Waals surface area contributed by atoms with Crippen molar-refractivity contribution in [3.05, 3.63) is 23.8 Å². The monoisotopic (exact) mass is 265 g/mol. The average Bonchev–Trinajstić information content (AvgIpc) is 2.37. The fourth-order valence-corrected chi connectivity index (χ4v) is 2.21. The van der Waals surface area contributed by atoms with E-state index < -0.39 is 0 Å². The van der Waals surface area contributed by atoms with Crippen LogP contribution in [0.2, 0.25) is 0 Å². The lowest BCUT2D eigenvalue weighted by molar-refractivity contribution is 0.146. The third-order valence-corrected chi connectivity index (χ3v) is 3.06. The molecule has 106 valence electrons. The zero-order valence-corrected chi connectivity index (χ0v) is 11.7. The first-order valence-corrected chi connectivity index (χ1v) is 6.92. The van der Waals surface area contributed by atoms with Crippen molar-refractivity contribution >= 4 is 0 Å². The molecule has 1 aromatic rings. The first-order valence-electron chi connectivity index (χ1n) is 6.92. The molecule has 1 heterocycles. The van der Waals surface area contributed by atoms with Crippen LogP contribution in [0.15, 0.2) is 18.2 Å². The Morgan fingerprint density at radius 2 is 1.95 bits per heavy atom. The zero-order chi connectivity index (χ0) is 13.7. The minimum atomic E-state index is -0.280. The van der Waals surface area contributed by atoms with E-state index in [4.69, 9.17) is 9.47 Å². The highest BCUT2D eigenvalue weighted by Gasteiger charge is 2.12. The van der Waals surface area contributed by atoms with E-state index in [-0.39, 0.29) is 6.10 Å². The smallest absolute Gasteiger partial charge is 0.161 e. The lowest BCUT2D eigenvalue weighted by Gasteiger charge is -2.19. The van der Waals surface area contributed by atoms with E-state index >= 15 is 0 Å². The SMILES string of the molecule is CC(C)CC(O)CNCc1ccc2c(c1)OCCO2. The van der Waals surface area contributed by atoms with Gasteiger partial charge in [-0.3, -0.25) is 0 Å². The number of nitrogens with one attached hydrogen (secondary N) is 1. The third kappa shape index (κ3) is 4.40. The van der Waals surface area contributed by atoms with Gasteiger partial charge in [0.25, 0.3) is 0 Å². The number of aliphatic hydroxyl groups excluding tert-OH is 1. The molecule has 0 saturated carbocycles. The molecular formula is C15H23NO3. The fraction of sp³-hybridized carbons (Fsp3) is 0.600. The Kier molecular flexibility index (Phi) is 5.05. The van der Waals surface area contributed by atoms with Gasteiger partial charge in [-0.15, -0.1) is 0 Å². The molecule has 1 aliphatic heterocycles. The summed E-state index contributed by atoms with van der Waals surface area (Å²) in [6.07, 6.45) is 0.547. The molecular weight excluding hydrogens is 242 g/mol. The van der Waals surface area contributed by atoms with Crippen LogP contribution < -0.4 is 14.8 Å². The zero-order valence-electron chi connectivity index (χ0n) is 11.7. The lowest BCUT2D eigenvalue weighted by atomic mass is 10.1. The largest absolute Gasteiger partial charge is 0.486 e. The van der Waals surface area contributed by atoms with Crippen molar-refractivity contribution in [2.24, 2.45) is 5.92 Å². The maximum atomic E-state index is 9.78. The van der Waals surface area contributed by atoms with Crippen LogP contribution in [0.4, 0.5) is 0 Å². The number of hydrogen-bond donors (Lipinski definition) is 2. The van der Waals surface area contributed by atoms with Gasteiger partial charge in [0.15, 0.2) is 11.5 Å². The van der Waals surface area contributed by atoms with Gasteiger partial charge in [0, 0.05) is 13.1 Å². The Balaban J connectivity index is 1.80. The summed E-state index contributed by atoms with van der Waals surface area (Å²) in [6, 6.07) is 5.96. The Bertz CT molecular complexity index is 406. The predicted molar refractivity (Wildman–Crippen MR) is 74.6 cm³/mol. The van der Waals surface area contributed by atoms with Crippen molar-refractivity contribution < 1.29 is 14.6 Å². The van der Waals surface area contributed by atoms with E-state index in [1.165, 1.54) is 0 Å². The molecule has 1 atom stereocenters. The molecule has 1 unspecified atom stereocenters. The van der Waals surface area contributed by atoms with Gasteiger partial charge in [0.2, 0.25) is 0 Å². The highest BCUT2D eigenvalue weighted by Crippen LogP contribution is 2.30. The molecule has 0 radical (unpaired) electrons. The molecule has 0 spiro atoms. The van der Waals surface area contributed by atoms with Crippen LogP contribution in [-0.4, -0.2) is 31.0 Å². The van der Waals surface area contributed by atoms with Gasteiger partial charge in [-0.1, -0.05) is 19.9 Å². The highest BCUT2D eigenvalue weighted by molar-refractivity contribution is 5.43. The standard InChI is InChI=1S/C15H23NO3/c1-11(2)7-13(17)10-16-9-12-3-4-14-15(8-12)19-6-5-18-14/h3-4,8,11,13,16-17H,5-7,9-10H2,1-2H3. The fourth-order valence-electron chi connectivity index (χ4n) is 2.21. The Morgan fingerprint density at radius 1 is 1.21 bits per heavy atom. The van der Waals surface area contributed by atoms with Gasteiger partial charge in [0.05, 0.1) is 6.10 Å². The average molecular weight is 265 g/mol. The molecule has 1 aliphatic rings. The van der Waals surface area contributed by atoms with Crippen LogP contribution in [0.5, 0.6) is 11.5 Å². The number of hydrogen-bond acceptors (Lipinski definition) is 4. The van der Waals surface area contributed by atoms with Crippen LogP contribution in [0.3, 0.4) is 0 Å². The van der Waals surface area contributed by atoms with E-state index in [1.54, 1.807) is 0 Å². The predicted octanol–water partition coefficient (Wildman–Crippen LogP) is 1.95. The van der Waals surface area contributed by atoms with Gasteiger partial charge in [0.1, 0.15) is 13.2 Å². The molecule has 0 fully saturated rings. The van der Waals surface area contributed by atoms with Crippen molar-refractivity contribution in [1.82, 2.24) is 5.32 Å². The number of aliphatic hydroxyl groups is 1. The van der Waals surface area contributed by atoms with Crippen molar-refractivity contribution in [3.63, 3.8) is 0 Å². The normalized spacial score (nSPS) is 15.6. The van der Waals surface area contributed by atoms with Gasteiger partial charge in [-0.2, -0.15) is 0 Å². The molecule has 0 amide bonds. The maximum absolute atomic E-state index is 9.78. The Morgan fingerprint density at radius 3 is 2.68 bits per heavy atom. The minimum absolute atomic E-state index is 0.280. The topological polar surface area (TPSA) is 50.7 Å². The summed E-state index contributed by atoms with van der Waals surface area (Å²) in [4.78, 5) is 0. The molecule has 0 saturated heterocycles. The Labute approximate surface area is 114 Å². The van der Waals surface area contributed by atoms with E-state index in [9.17, 15) is 5.11 Å². The number of rotatable bonds is 6. The van der Waals surface area contributed by atoms with Crippen molar-refractivity contribution in [2.45, 2.75) is 32.9 Å². The lowest BCUT2D eigenvalue weighted by Crippen LogP contribution is -2.27. The molecule has 1 aromatic carbocycles. The van der Waals surface area contributed by atoms with E-state index in [1.807, 2.05) is 18.2 Å². The Hall–Kier alpha value is -1.26. The van der Waals surface area contributed by atoms with Crippen LogP contribution in [0, 0.1) is 5.92 Å². The van der Waals surface area contributed by atoms with Crippen LogP contribution in [0.1, 0.15) is 25.8 Å². The van der Waals surface area contributed by atoms with Gasteiger partial charge < -0.3 is 19.9 Å². The van der Waals surface area contributed by atoms with Gasteiger partial charge in [-0.25, -0.2) is 0 Å². The van der Waals surface area contributed by atoms with E-state index in [0.29, 0.717) is 25.7 Å². The first kappa shape index (κ1) is 14.2. The number of fused-ring (bicyclic) bond motifs is 1. The number of ether oxygens (including phenoxy) is 2. The van der Waals surface area contributed by atoms with Crippen molar-refractivity contribution in [3.8, 4) is 11.5 Å². The molecule has 4 nitrogen and oxygen atoms in total. The minimum Gasteiger partial charge on any atom is -0.486 e. The molecule has 0 aromatic heterocycles. The quantitative estimate of drug-likeness (QED) is 0.825.